The number of aliphatic hydroxyl groups is 3. The van der Waals surface area contributed by atoms with E-state index in [2.05, 4.69) is 4.52 Å². The van der Waals surface area contributed by atoms with Crippen molar-refractivity contribution in [1.29, 1.82) is 0 Å². The Hall–Kier alpha value is -2.00. The topological polar surface area (TPSA) is 215 Å². The minimum atomic E-state index is -4.73. The molecule has 0 bridgehead atoms. The molecule has 1 aromatic heterocycles. The third-order valence-electron chi connectivity index (χ3n) is 4.28. The molecule has 2 rings (SSSR count). The van der Waals surface area contributed by atoms with Gasteiger partial charge in [-0.15, -0.1) is 0 Å². The number of likely N-dealkylation sites (N-methyl/N-ethyl adjacent to an activating group) is 1. The van der Waals surface area contributed by atoms with Gasteiger partial charge in [0.2, 0.25) is 0 Å². The van der Waals surface area contributed by atoms with Crippen LogP contribution in [0, 0.1) is 0 Å². The van der Waals surface area contributed by atoms with Crippen LogP contribution in [0.1, 0.15) is 23.0 Å². The van der Waals surface area contributed by atoms with Gasteiger partial charge in [-0.05, 0) is 6.07 Å². The molecule has 1 unspecified atom stereocenters. The summed E-state index contributed by atoms with van der Waals surface area (Å²) in [6, 6.07) is 2.76. The van der Waals surface area contributed by atoms with Gasteiger partial charge in [0.1, 0.15) is 30.4 Å². The molecule has 1 fully saturated rings. The predicted octanol–water partition coefficient (Wildman–Crippen LogP) is -2.07. The Morgan fingerprint density at radius 3 is 2.30 bits per heavy atom. The molecular weight excluding hydrogens is 467 g/mol. The number of quaternary nitrogens is 1. The lowest BCUT2D eigenvalue weighted by Crippen LogP contribution is -2.46. The number of aliphatic carboxylic acids is 1. The molecule has 15 heteroatoms. The van der Waals surface area contributed by atoms with Crippen molar-refractivity contribution < 1.29 is 67.8 Å². The van der Waals surface area contributed by atoms with Crippen LogP contribution in [0.3, 0.4) is 0 Å². The fourth-order valence-electron chi connectivity index (χ4n) is 2.96. The zero-order chi connectivity index (χ0) is 25.6. The normalized spacial score (nSPS) is 24.0. The molecule has 0 spiro atoms. The maximum absolute atomic E-state index is 10.9. The van der Waals surface area contributed by atoms with Crippen molar-refractivity contribution in [3.8, 4) is 0 Å². The smallest absolute Gasteiger partial charge is 0.469 e. The highest BCUT2D eigenvalue weighted by Gasteiger charge is 2.49. The van der Waals surface area contributed by atoms with E-state index in [4.69, 9.17) is 29.8 Å². The van der Waals surface area contributed by atoms with Crippen molar-refractivity contribution >= 4 is 19.8 Å². The number of rotatable bonds is 9. The Labute approximate surface area is 189 Å². The van der Waals surface area contributed by atoms with Crippen LogP contribution < -0.4 is 4.57 Å². The summed E-state index contributed by atoms with van der Waals surface area (Å²) >= 11 is 0. The molecule has 188 valence electrons. The van der Waals surface area contributed by atoms with Gasteiger partial charge in [-0.3, -0.25) is 9.32 Å². The molecular formula is C18H31N2O12P+2. The maximum atomic E-state index is 10.9. The number of aliphatic hydroxyl groups excluding tert-OH is 3. The zero-order valence-corrected chi connectivity index (χ0v) is 19.2. The third-order valence-corrected chi connectivity index (χ3v) is 4.76. The van der Waals surface area contributed by atoms with E-state index in [0.717, 1.165) is 0 Å². The van der Waals surface area contributed by atoms with Gasteiger partial charge < -0.3 is 44.5 Å². The highest BCUT2D eigenvalue weighted by atomic mass is 31.2. The quantitative estimate of drug-likeness (QED) is 0.111. The summed E-state index contributed by atoms with van der Waals surface area (Å²) in [7, 11) is 0.989. The second-order valence-electron chi connectivity index (χ2n) is 8.40. The lowest BCUT2D eigenvalue weighted by Gasteiger charge is -2.25. The van der Waals surface area contributed by atoms with Crippen LogP contribution >= 0.6 is 7.82 Å². The molecule has 1 saturated heterocycles. The first kappa shape index (κ1) is 29.0. The van der Waals surface area contributed by atoms with Gasteiger partial charge >= 0.3 is 19.8 Å². The number of carbonyl (C=O) groups is 2. The van der Waals surface area contributed by atoms with E-state index in [9.17, 15) is 24.4 Å². The minimum Gasteiger partial charge on any atom is -0.481 e. The van der Waals surface area contributed by atoms with Crippen molar-refractivity contribution in [2.45, 2.75) is 37.1 Å². The van der Waals surface area contributed by atoms with Crippen molar-refractivity contribution in [3.05, 3.63) is 30.1 Å². The van der Waals surface area contributed by atoms with E-state index < -0.39 is 57.0 Å². The fraction of sp³-hybridized carbons (Fsp3) is 0.611. The van der Waals surface area contributed by atoms with Gasteiger partial charge in [0.25, 0.3) is 6.23 Å². The first-order valence-corrected chi connectivity index (χ1v) is 11.2. The summed E-state index contributed by atoms with van der Waals surface area (Å²) in [6.45, 7) is -0.162. The fourth-order valence-corrected chi connectivity index (χ4v) is 3.30. The summed E-state index contributed by atoms with van der Waals surface area (Å²) in [5.41, 5.74) is -0.0530. The SMILES string of the molecule is C[N+](C)(C)CC(O)CC(=O)O.O=C(O)c1ccc[n+]([C@@H]2O[C@H](COP(=O)(O)O)[C@@H](O)[C@H]2O)c1. The van der Waals surface area contributed by atoms with Gasteiger partial charge in [0, 0.05) is 6.07 Å². The number of pyridine rings is 1. The van der Waals surface area contributed by atoms with E-state index >= 15 is 0 Å². The van der Waals surface area contributed by atoms with Crippen molar-refractivity contribution in [3.63, 3.8) is 0 Å². The molecule has 0 saturated carbocycles. The average molecular weight is 498 g/mol. The molecule has 1 aliphatic rings. The summed E-state index contributed by atoms with van der Waals surface area (Å²) in [4.78, 5) is 38.3. The highest BCUT2D eigenvalue weighted by molar-refractivity contribution is 7.46. The molecule has 14 nitrogen and oxygen atoms in total. The maximum Gasteiger partial charge on any atom is 0.469 e. The largest absolute Gasteiger partial charge is 0.481 e. The van der Waals surface area contributed by atoms with Crippen LogP contribution in [0.15, 0.2) is 24.5 Å². The minimum absolute atomic E-state index is 0.0530. The van der Waals surface area contributed by atoms with E-state index in [1.54, 1.807) is 0 Å². The second kappa shape index (κ2) is 11.9. The monoisotopic (exact) mass is 498 g/mol. The number of ether oxygens (including phenoxy) is 1. The number of nitrogens with zero attached hydrogens (tertiary/aromatic N) is 2. The molecule has 5 atom stereocenters. The molecule has 0 aromatic carbocycles. The number of hydrogen-bond donors (Lipinski definition) is 7. The Morgan fingerprint density at radius 1 is 1.21 bits per heavy atom. The Balaban J connectivity index is 0.000000420. The first-order valence-electron chi connectivity index (χ1n) is 9.66. The Kier molecular flexibility index (Phi) is 10.5. The molecule has 1 aliphatic heterocycles. The molecule has 7 N–H and O–H groups in total. The van der Waals surface area contributed by atoms with Crippen molar-refractivity contribution in [2.24, 2.45) is 0 Å². The number of aromatic nitrogens is 1. The second-order valence-corrected chi connectivity index (χ2v) is 9.64. The predicted molar refractivity (Wildman–Crippen MR) is 109 cm³/mol. The number of carboxylic acids is 2. The molecule has 33 heavy (non-hydrogen) atoms. The summed E-state index contributed by atoms with van der Waals surface area (Å²) in [6.07, 6.45) is -3.43. The van der Waals surface area contributed by atoms with E-state index in [0.29, 0.717) is 11.0 Å². The average Bonchev–Trinajstić information content (AvgIpc) is 2.92. The van der Waals surface area contributed by atoms with Crippen LogP contribution in [-0.2, 0) is 18.6 Å². The highest BCUT2D eigenvalue weighted by Crippen LogP contribution is 2.37. The van der Waals surface area contributed by atoms with E-state index in [-0.39, 0.29) is 12.0 Å². The number of aromatic carboxylic acids is 1. The molecule has 0 radical (unpaired) electrons. The van der Waals surface area contributed by atoms with Crippen LogP contribution in [-0.4, -0.2) is 110 Å². The number of hydrogen-bond acceptors (Lipinski definition) is 8. The van der Waals surface area contributed by atoms with Gasteiger partial charge in [-0.1, -0.05) is 0 Å². The number of phosphoric ester groups is 1. The van der Waals surface area contributed by atoms with E-state index in [1.807, 2.05) is 21.1 Å². The number of carboxylic acid groups (broad SMARTS) is 2. The third kappa shape index (κ3) is 10.6. The van der Waals surface area contributed by atoms with Crippen molar-refractivity contribution in [1.82, 2.24) is 0 Å². The summed E-state index contributed by atoms with van der Waals surface area (Å²) < 4.78 is 22.0. The summed E-state index contributed by atoms with van der Waals surface area (Å²) in [5.74, 6) is -2.13. The van der Waals surface area contributed by atoms with Crippen molar-refractivity contribution in [2.75, 3.05) is 34.3 Å². The lowest BCUT2D eigenvalue weighted by atomic mass is 10.1. The van der Waals surface area contributed by atoms with Gasteiger partial charge in [-0.2, -0.15) is 4.57 Å². The van der Waals surface area contributed by atoms with Gasteiger partial charge in [0.15, 0.2) is 18.5 Å². The standard InChI is InChI=1S/C11H14NO9P.C7H15NO3/c13-8-7(5-20-22(17,18)19)21-10(9(8)14)12-3-1-2-6(4-12)11(15)16;1-8(2,3)5-6(9)4-7(10)11/h1-4,7-10,13-14H,5H2,(H2-,15,16,17,18,19);6,9H,4-5H2,1-3H3/p+2/t7-,8-,9-,10-;/m1./s1. The van der Waals surface area contributed by atoms with Crippen LogP contribution in [0.5, 0.6) is 0 Å². The van der Waals surface area contributed by atoms with Crippen LogP contribution in [0.25, 0.3) is 0 Å². The number of phosphoric acid groups is 1. The van der Waals surface area contributed by atoms with Crippen LogP contribution in [0.2, 0.25) is 0 Å². The first-order chi connectivity index (χ1) is 15.0. The summed E-state index contributed by atoms with van der Waals surface area (Å²) in [5, 5.41) is 46.2. The Bertz CT molecular complexity index is 855. The zero-order valence-electron chi connectivity index (χ0n) is 18.3. The molecule has 1 aromatic rings. The van der Waals surface area contributed by atoms with Gasteiger partial charge in [0.05, 0.1) is 34.2 Å². The van der Waals surface area contributed by atoms with E-state index in [1.165, 1.54) is 29.1 Å². The van der Waals surface area contributed by atoms with Crippen LogP contribution in [0.4, 0.5) is 0 Å². The van der Waals surface area contributed by atoms with Gasteiger partial charge in [-0.25, -0.2) is 9.36 Å². The molecule has 0 aliphatic carbocycles. The lowest BCUT2D eigenvalue weighted by molar-refractivity contribution is -0.873. The molecule has 2 heterocycles. The molecule has 0 amide bonds. The Morgan fingerprint density at radius 2 is 1.82 bits per heavy atom.